The zero-order valence-corrected chi connectivity index (χ0v) is 11.7. The van der Waals surface area contributed by atoms with Crippen LogP contribution < -0.4 is 10.5 Å². The van der Waals surface area contributed by atoms with Crippen molar-refractivity contribution in [1.82, 2.24) is 14.8 Å². The monoisotopic (exact) mass is 288 g/mol. The molecule has 2 N–H and O–H groups in total. The number of aryl methyl sites for hydroxylation is 2. The predicted octanol–water partition coefficient (Wildman–Crippen LogP) is 0.565. The van der Waals surface area contributed by atoms with Crippen LogP contribution in [0.3, 0.4) is 0 Å². The molecule has 0 unspecified atom stereocenters. The molecule has 0 spiro atoms. The number of anilines is 1. The second-order valence-corrected chi connectivity index (χ2v) is 5.16. The van der Waals surface area contributed by atoms with Gasteiger partial charge < -0.3 is 14.6 Å². The molecule has 0 fully saturated rings. The van der Waals surface area contributed by atoms with Gasteiger partial charge in [-0.2, -0.15) is 5.10 Å². The Morgan fingerprint density at radius 1 is 1.48 bits per heavy atom. The average Bonchev–Trinajstić information content (AvgIpc) is 2.90. The van der Waals surface area contributed by atoms with Crippen LogP contribution in [0.25, 0.3) is 0 Å². The number of aromatic hydroxyl groups is 1. The van der Waals surface area contributed by atoms with Gasteiger partial charge in [0, 0.05) is 18.3 Å². The van der Waals surface area contributed by atoms with Crippen LogP contribution in [-0.4, -0.2) is 32.3 Å². The van der Waals surface area contributed by atoms with Gasteiger partial charge in [0.1, 0.15) is 12.3 Å². The molecule has 2 aromatic rings. The van der Waals surface area contributed by atoms with E-state index in [0.29, 0.717) is 12.2 Å². The van der Waals surface area contributed by atoms with Gasteiger partial charge in [-0.25, -0.2) is 0 Å². The van der Waals surface area contributed by atoms with Crippen molar-refractivity contribution in [3.8, 4) is 5.75 Å². The van der Waals surface area contributed by atoms with Gasteiger partial charge in [-0.05, 0) is 25.8 Å². The van der Waals surface area contributed by atoms with Gasteiger partial charge in [0.15, 0.2) is 0 Å². The summed E-state index contributed by atoms with van der Waals surface area (Å²) in [5.74, 6) is -0.246. The van der Waals surface area contributed by atoms with E-state index in [0.717, 1.165) is 30.3 Å². The fourth-order valence-corrected chi connectivity index (χ4v) is 2.65. The first-order valence-electron chi connectivity index (χ1n) is 6.79. The van der Waals surface area contributed by atoms with Crippen molar-refractivity contribution >= 4 is 11.6 Å². The number of nitrogens with one attached hydrogen (secondary N) is 1. The molecule has 0 aromatic carbocycles. The van der Waals surface area contributed by atoms with E-state index in [1.165, 1.54) is 10.6 Å². The van der Waals surface area contributed by atoms with Gasteiger partial charge in [0.2, 0.25) is 5.91 Å². The number of carbonyl (C=O) groups is 1. The summed E-state index contributed by atoms with van der Waals surface area (Å²) >= 11 is 0. The fraction of sp³-hybridized carbons (Fsp3) is 0.357. The second kappa shape index (κ2) is 5.08. The molecule has 0 bridgehead atoms. The Hall–Kier alpha value is -2.57. The third kappa shape index (κ3) is 2.42. The van der Waals surface area contributed by atoms with Gasteiger partial charge in [0.25, 0.3) is 5.56 Å². The number of carbonyl (C=O) groups excluding carboxylic acids is 1. The number of amides is 1. The number of rotatable bonds is 2. The van der Waals surface area contributed by atoms with Gasteiger partial charge in [0.05, 0.1) is 17.6 Å². The summed E-state index contributed by atoms with van der Waals surface area (Å²) in [6.45, 7) is 2.26. The molecule has 1 amide bonds. The minimum Gasteiger partial charge on any atom is -0.508 e. The number of pyridine rings is 1. The molecule has 7 nitrogen and oxygen atoms in total. The van der Waals surface area contributed by atoms with Crippen LogP contribution in [-0.2, 0) is 17.8 Å². The van der Waals surface area contributed by atoms with Crippen LogP contribution in [0.1, 0.15) is 17.8 Å². The Morgan fingerprint density at radius 2 is 2.29 bits per heavy atom. The lowest BCUT2D eigenvalue weighted by Gasteiger charge is -2.26. The summed E-state index contributed by atoms with van der Waals surface area (Å²) in [5.41, 5.74) is 1.91. The fourth-order valence-electron chi connectivity index (χ4n) is 2.65. The van der Waals surface area contributed by atoms with E-state index in [9.17, 15) is 14.7 Å². The number of nitrogens with zero attached hydrogens (tertiary/aromatic N) is 3. The SMILES string of the molecule is Cc1cc(O)cc(=O)n1CC(=O)N1CCCc2[nH]ncc21. The van der Waals surface area contributed by atoms with Crippen LogP contribution in [0.4, 0.5) is 5.69 Å². The van der Waals surface area contributed by atoms with Gasteiger partial charge >= 0.3 is 0 Å². The highest BCUT2D eigenvalue weighted by atomic mass is 16.3. The molecule has 1 aliphatic rings. The number of hydrogen-bond acceptors (Lipinski definition) is 4. The van der Waals surface area contributed by atoms with Crippen molar-refractivity contribution < 1.29 is 9.90 Å². The molecule has 1 aliphatic heterocycles. The maximum atomic E-state index is 12.5. The molecule has 0 aliphatic carbocycles. The van der Waals surface area contributed by atoms with E-state index in [-0.39, 0.29) is 23.8 Å². The van der Waals surface area contributed by atoms with Crippen LogP contribution >= 0.6 is 0 Å². The lowest BCUT2D eigenvalue weighted by Crippen LogP contribution is -2.39. The highest BCUT2D eigenvalue weighted by Gasteiger charge is 2.24. The Bertz CT molecular complexity index is 747. The summed E-state index contributed by atoms with van der Waals surface area (Å²) in [5, 5.41) is 16.2. The average molecular weight is 288 g/mol. The molecule has 2 aromatic heterocycles. The molecule has 0 atom stereocenters. The minimum absolute atomic E-state index is 0.0461. The molecule has 0 saturated carbocycles. The van der Waals surface area contributed by atoms with Crippen molar-refractivity contribution in [3.63, 3.8) is 0 Å². The third-order valence-electron chi connectivity index (χ3n) is 3.71. The summed E-state index contributed by atoms with van der Waals surface area (Å²) in [4.78, 5) is 26.0. The Kier molecular flexibility index (Phi) is 3.25. The van der Waals surface area contributed by atoms with Crippen molar-refractivity contribution in [2.45, 2.75) is 26.3 Å². The topological polar surface area (TPSA) is 91.2 Å². The maximum Gasteiger partial charge on any atom is 0.254 e. The maximum absolute atomic E-state index is 12.5. The molecule has 3 heterocycles. The van der Waals surface area contributed by atoms with Crippen molar-refractivity contribution in [3.05, 3.63) is 40.1 Å². The van der Waals surface area contributed by atoms with Crippen LogP contribution in [0.15, 0.2) is 23.1 Å². The number of aromatic amines is 1. The van der Waals surface area contributed by atoms with E-state index in [1.807, 2.05) is 0 Å². The number of hydrogen-bond donors (Lipinski definition) is 2. The molecule has 21 heavy (non-hydrogen) atoms. The van der Waals surface area contributed by atoms with Crippen molar-refractivity contribution in [1.29, 1.82) is 0 Å². The van der Waals surface area contributed by atoms with Crippen LogP contribution in [0, 0.1) is 6.92 Å². The van der Waals surface area contributed by atoms with Gasteiger partial charge in [-0.1, -0.05) is 0 Å². The molecular weight excluding hydrogens is 272 g/mol. The molecule has 7 heteroatoms. The van der Waals surface area contributed by atoms with E-state index in [4.69, 9.17) is 0 Å². The first-order valence-corrected chi connectivity index (χ1v) is 6.79. The molecule has 110 valence electrons. The highest BCUT2D eigenvalue weighted by molar-refractivity contribution is 5.94. The predicted molar refractivity (Wildman–Crippen MR) is 76.4 cm³/mol. The molecule has 3 rings (SSSR count). The Balaban J connectivity index is 1.88. The standard InChI is InChI=1S/C14H16N4O3/c1-9-5-10(19)6-13(20)18(9)8-14(21)17-4-2-3-11-12(17)7-15-16-11/h5-7,19H,2-4,8H2,1H3,(H,15,16). The van der Waals surface area contributed by atoms with Crippen molar-refractivity contribution in [2.24, 2.45) is 0 Å². The normalized spacial score (nSPS) is 14.0. The van der Waals surface area contributed by atoms with Crippen molar-refractivity contribution in [2.75, 3.05) is 11.4 Å². The zero-order chi connectivity index (χ0) is 15.0. The molecule has 0 saturated heterocycles. The number of aromatic nitrogens is 3. The highest BCUT2D eigenvalue weighted by Crippen LogP contribution is 2.24. The van der Waals surface area contributed by atoms with E-state index in [1.54, 1.807) is 18.0 Å². The number of fused-ring (bicyclic) bond motifs is 1. The number of H-pyrrole nitrogens is 1. The smallest absolute Gasteiger partial charge is 0.254 e. The zero-order valence-electron chi connectivity index (χ0n) is 11.7. The van der Waals surface area contributed by atoms with E-state index < -0.39 is 0 Å². The largest absolute Gasteiger partial charge is 0.508 e. The molecular formula is C14H16N4O3. The van der Waals surface area contributed by atoms with Crippen LogP contribution in [0.2, 0.25) is 0 Å². The Labute approximate surface area is 120 Å². The van der Waals surface area contributed by atoms with Gasteiger partial charge in [-0.15, -0.1) is 0 Å². The lowest BCUT2D eigenvalue weighted by molar-refractivity contribution is -0.119. The second-order valence-electron chi connectivity index (χ2n) is 5.16. The first-order chi connectivity index (χ1) is 10.1. The molecule has 0 radical (unpaired) electrons. The lowest BCUT2D eigenvalue weighted by atomic mass is 10.1. The Morgan fingerprint density at radius 3 is 3.05 bits per heavy atom. The quantitative estimate of drug-likeness (QED) is 0.845. The third-order valence-corrected chi connectivity index (χ3v) is 3.71. The van der Waals surface area contributed by atoms with Crippen LogP contribution in [0.5, 0.6) is 5.75 Å². The summed E-state index contributed by atoms with van der Waals surface area (Å²) in [7, 11) is 0. The first kappa shape index (κ1) is 13.4. The van der Waals surface area contributed by atoms with Gasteiger partial charge in [-0.3, -0.25) is 14.7 Å². The summed E-state index contributed by atoms with van der Waals surface area (Å²) < 4.78 is 1.36. The van der Waals surface area contributed by atoms with E-state index in [2.05, 4.69) is 10.2 Å². The summed E-state index contributed by atoms with van der Waals surface area (Å²) in [6.07, 6.45) is 3.38. The summed E-state index contributed by atoms with van der Waals surface area (Å²) in [6, 6.07) is 2.58. The minimum atomic E-state index is -0.384. The van der Waals surface area contributed by atoms with E-state index >= 15 is 0 Å².